The van der Waals surface area contributed by atoms with Crippen molar-refractivity contribution < 1.29 is 14.3 Å². The highest BCUT2D eigenvalue weighted by Gasteiger charge is 2.18. The highest BCUT2D eigenvalue weighted by molar-refractivity contribution is 5.94. The minimum Gasteiger partial charge on any atom is -0.469 e. The van der Waals surface area contributed by atoms with Gasteiger partial charge in [0.15, 0.2) is 0 Å². The third-order valence-corrected chi connectivity index (χ3v) is 6.12. The van der Waals surface area contributed by atoms with Crippen molar-refractivity contribution >= 4 is 17.6 Å². The molecule has 5 heteroatoms. The Morgan fingerprint density at radius 2 is 1.42 bits per heavy atom. The van der Waals surface area contributed by atoms with Gasteiger partial charge in [-0.25, -0.2) is 0 Å². The molecule has 1 saturated heterocycles. The Balaban J connectivity index is 1.40. The van der Waals surface area contributed by atoms with Crippen molar-refractivity contribution in [3.8, 4) is 11.8 Å². The van der Waals surface area contributed by atoms with Crippen LogP contribution in [0.25, 0.3) is 0 Å². The highest BCUT2D eigenvalue weighted by Crippen LogP contribution is 2.15. The number of unbranched alkanes of at least 4 members (excludes halogenated alkanes) is 9. The van der Waals surface area contributed by atoms with Crippen LogP contribution in [0.5, 0.6) is 0 Å². The minimum absolute atomic E-state index is 0.0935. The number of carbonyl (C=O) groups excluding carboxylic acids is 2. The molecule has 1 heterocycles. The number of methoxy groups -OCH3 is 1. The molecule has 1 fully saturated rings. The molecule has 2 rings (SSSR count). The van der Waals surface area contributed by atoms with Gasteiger partial charge in [-0.3, -0.25) is 9.59 Å². The van der Waals surface area contributed by atoms with Crippen LogP contribution >= 0.6 is 0 Å². The highest BCUT2D eigenvalue weighted by atomic mass is 16.5. The number of rotatable bonds is 15. The molecular formula is C28H42N2O3. The van der Waals surface area contributed by atoms with Crippen LogP contribution in [0.3, 0.4) is 0 Å². The quantitative estimate of drug-likeness (QED) is 0.195. The Bertz CT molecular complexity index is 743. The number of nitrogens with one attached hydrogen (secondary N) is 1. The summed E-state index contributed by atoms with van der Waals surface area (Å²) < 4.78 is 4.65. The Hall–Kier alpha value is -2.48. The number of esters is 1. The van der Waals surface area contributed by atoms with Crippen LogP contribution in [0, 0.1) is 11.8 Å². The molecular weight excluding hydrogens is 412 g/mol. The fraction of sp³-hybridized carbons (Fsp3) is 0.643. The molecule has 0 unspecified atom stereocenters. The SMILES string of the molecule is COC(=O)CCCCCCCCCCC#CCCCNc1ccc(C(=O)N2CCCC2)cc1. The fourth-order valence-electron chi connectivity index (χ4n) is 4.07. The Kier molecular flexibility index (Phi) is 13.8. The van der Waals surface area contributed by atoms with Crippen LogP contribution in [0.4, 0.5) is 5.69 Å². The lowest BCUT2D eigenvalue weighted by Gasteiger charge is -2.15. The summed E-state index contributed by atoms with van der Waals surface area (Å²) >= 11 is 0. The number of likely N-dealkylation sites (tertiary alicyclic amines) is 1. The van der Waals surface area contributed by atoms with E-state index in [0.29, 0.717) is 6.42 Å². The maximum absolute atomic E-state index is 12.4. The van der Waals surface area contributed by atoms with Gasteiger partial charge in [0, 0.05) is 50.1 Å². The van der Waals surface area contributed by atoms with Gasteiger partial charge in [-0.05, 0) is 56.4 Å². The molecule has 1 aliphatic heterocycles. The summed E-state index contributed by atoms with van der Waals surface area (Å²) in [6.07, 6.45) is 15.3. The van der Waals surface area contributed by atoms with Crippen LogP contribution < -0.4 is 5.32 Å². The predicted molar refractivity (Wildman–Crippen MR) is 135 cm³/mol. The molecule has 1 aromatic rings. The first-order chi connectivity index (χ1) is 16.2. The molecule has 0 bridgehead atoms. The van der Waals surface area contributed by atoms with E-state index < -0.39 is 0 Å². The summed E-state index contributed by atoms with van der Waals surface area (Å²) in [5.41, 5.74) is 1.84. The van der Waals surface area contributed by atoms with Crippen molar-refractivity contribution in [3.05, 3.63) is 29.8 Å². The van der Waals surface area contributed by atoms with Crippen molar-refractivity contribution in [1.82, 2.24) is 4.90 Å². The smallest absolute Gasteiger partial charge is 0.305 e. The van der Waals surface area contributed by atoms with E-state index in [9.17, 15) is 9.59 Å². The van der Waals surface area contributed by atoms with Gasteiger partial charge < -0.3 is 15.0 Å². The van der Waals surface area contributed by atoms with Gasteiger partial charge in [0.05, 0.1) is 7.11 Å². The summed E-state index contributed by atoms with van der Waals surface area (Å²) in [5.74, 6) is 6.65. The zero-order valence-electron chi connectivity index (χ0n) is 20.5. The number of nitrogens with zero attached hydrogens (tertiary/aromatic N) is 1. The first-order valence-electron chi connectivity index (χ1n) is 12.9. The van der Waals surface area contributed by atoms with Gasteiger partial charge in [0.25, 0.3) is 5.91 Å². The third-order valence-electron chi connectivity index (χ3n) is 6.12. The average molecular weight is 455 g/mol. The van der Waals surface area contributed by atoms with Crippen LogP contribution in [0.1, 0.15) is 100 Å². The van der Waals surface area contributed by atoms with Gasteiger partial charge in [-0.1, -0.05) is 38.5 Å². The van der Waals surface area contributed by atoms with Crippen molar-refractivity contribution in [2.24, 2.45) is 0 Å². The lowest BCUT2D eigenvalue weighted by molar-refractivity contribution is -0.140. The largest absolute Gasteiger partial charge is 0.469 e. The summed E-state index contributed by atoms with van der Waals surface area (Å²) in [6.45, 7) is 2.68. The first-order valence-corrected chi connectivity index (χ1v) is 12.9. The zero-order valence-corrected chi connectivity index (χ0v) is 20.5. The van der Waals surface area contributed by atoms with E-state index in [4.69, 9.17) is 0 Å². The molecule has 1 aliphatic rings. The van der Waals surface area contributed by atoms with Gasteiger partial charge >= 0.3 is 5.97 Å². The standard InChI is InChI=1S/C28H42N2O3/c1-33-27(31)17-13-11-9-7-5-3-2-4-6-8-10-12-14-22-29-26-20-18-25(19-21-26)28(32)30-23-15-16-24-30/h18-21,29H,2-7,9,11-17,22-24H2,1H3. The van der Waals surface area contributed by atoms with Gasteiger partial charge in [0.1, 0.15) is 0 Å². The van der Waals surface area contributed by atoms with Crippen molar-refractivity contribution in [3.63, 3.8) is 0 Å². The predicted octanol–water partition coefficient (Wildman–Crippen LogP) is 6.19. The van der Waals surface area contributed by atoms with E-state index in [1.165, 1.54) is 45.6 Å². The van der Waals surface area contributed by atoms with Crippen LogP contribution in [0.15, 0.2) is 24.3 Å². The van der Waals surface area contributed by atoms with Crippen molar-refractivity contribution in [1.29, 1.82) is 0 Å². The Labute approximate surface area is 200 Å². The number of hydrogen-bond acceptors (Lipinski definition) is 4. The molecule has 0 radical (unpaired) electrons. The molecule has 182 valence electrons. The van der Waals surface area contributed by atoms with Crippen molar-refractivity contribution in [2.75, 3.05) is 32.1 Å². The van der Waals surface area contributed by atoms with E-state index >= 15 is 0 Å². The van der Waals surface area contributed by atoms with Crippen LogP contribution in [-0.4, -0.2) is 43.5 Å². The van der Waals surface area contributed by atoms with Gasteiger partial charge in [-0.2, -0.15) is 0 Å². The molecule has 1 amide bonds. The monoisotopic (exact) mass is 454 g/mol. The molecule has 0 saturated carbocycles. The van der Waals surface area contributed by atoms with Gasteiger partial charge in [-0.15, -0.1) is 11.8 Å². The van der Waals surface area contributed by atoms with Crippen LogP contribution in [0.2, 0.25) is 0 Å². The number of amides is 1. The first kappa shape index (κ1) is 26.8. The lowest BCUT2D eigenvalue weighted by atomic mass is 10.1. The summed E-state index contributed by atoms with van der Waals surface area (Å²) in [6, 6.07) is 7.84. The van der Waals surface area contributed by atoms with E-state index in [1.54, 1.807) is 0 Å². The minimum atomic E-state index is -0.0935. The van der Waals surface area contributed by atoms with Gasteiger partial charge in [0.2, 0.25) is 0 Å². The van der Waals surface area contributed by atoms with E-state index in [-0.39, 0.29) is 11.9 Å². The maximum atomic E-state index is 12.4. The molecule has 0 aromatic heterocycles. The topological polar surface area (TPSA) is 58.6 Å². The summed E-state index contributed by atoms with van der Waals surface area (Å²) in [7, 11) is 1.45. The summed E-state index contributed by atoms with van der Waals surface area (Å²) in [5, 5.41) is 3.42. The second-order valence-electron chi connectivity index (χ2n) is 8.87. The molecule has 1 N–H and O–H groups in total. The molecule has 0 atom stereocenters. The summed E-state index contributed by atoms with van der Waals surface area (Å²) in [4.78, 5) is 25.3. The van der Waals surface area contributed by atoms with E-state index in [0.717, 1.165) is 75.8 Å². The van der Waals surface area contributed by atoms with Crippen molar-refractivity contribution in [2.45, 2.75) is 89.9 Å². The number of ether oxygens (including phenoxy) is 1. The molecule has 0 spiro atoms. The van der Waals surface area contributed by atoms with E-state index in [1.807, 2.05) is 29.2 Å². The normalized spacial score (nSPS) is 12.8. The number of hydrogen-bond donors (Lipinski definition) is 1. The lowest BCUT2D eigenvalue weighted by Crippen LogP contribution is -2.27. The Morgan fingerprint density at radius 1 is 0.848 bits per heavy atom. The average Bonchev–Trinajstić information content (AvgIpc) is 3.38. The third kappa shape index (κ3) is 11.8. The maximum Gasteiger partial charge on any atom is 0.305 e. The van der Waals surface area contributed by atoms with E-state index in [2.05, 4.69) is 21.9 Å². The molecule has 0 aliphatic carbocycles. The molecule has 33 heavy (non-hydrogen) atoms. The second-order valence-corrected chi connectivity index (χ2v) is 8.87. The van der Waals surface area contributed by atoms with Crippen LogP contribution in [-0.2, 0) is 9.53 Å². The number of anilines is 1. The molecule has 5 nitrogen and oxygen atoms in total. The number of benzene rings is 1. The number of carbonyl (C=O) groups is 2. The fourth-order valence-corrected chi connectivity index (χ4v) is 4.07. The Morgan fingerprint density at radius 3 is 2.06 bits per heavy atom. The molecule has 1 aromatic carbocycles. The second kappa shape index (κ2) is 17.1. The zero-order chi connectivity index (χ0) is 23.6.